The van der Waals surface area contributed by atoms with Gasteiger partial charge in [0.25, 0.3) is 0 Å². The van der Waals surface area contributed by atoms with Crippen LogP contribution >= 0.6 is 0 Å². The van der Waals surface area contributed by atoms with E-state index in [-0.39, 0.29) is 18.6 Å². The zero-order valence-electron chi connectivity index (χ0n) is 31.0. The van der Waals surface area contributed by atoms with Crippen molar-refractivity contribution in [3.63, 3.8) is 0 Å². The molecule has 3 aromatic rings. The maximum Gasteiger partial charge on any atom is 0.408 e. The molecule has 0 aliphatic heterocycles. The Balaban J connectivity index is 2.14. The lowest BCUT2D eigenvalue weighted by atomic mass is 9.93. The van der Waals surface area contributed by atoms with Crippen molar-refractivity contribution in [1.82, 2.24) is 15.5 Å². The van der Waals surface area contributed by atoms with Crippen LogP contribution in [0.15, 0.2) is 72.8 Å². The summed E-state index contributed by atoms with van der Waals surface area (Å²) in [6, 6.07) is 17.2. The molecule has 0 spiro atoms. The van der Waals surface area contributed by atoms with E-state index in [0.29, 0.717) is 11.1 Å². The van der Waals surface area contributed by atoms with Crippen LogP contribution in [-0.4, -0.2) is 63.2 Å². The van der Waals surface area contributed by atoms with Crippen LogP contribution in [-0.2, 0) is 36.7 Å². The molecule has 0 saturated carbocycles. The van der Waals surface area contributed by atoms with Crippen LogP contribution < -0.4 is 10.6 Å². The van der Waals surface area contributed by atoms with Gasteiger partial charge in [-0.05, 0) is 109 Å². The van der Waals surface area contributed by atoms with Gasteiger partial charge in [0.15, 0.2) is 0 Å². The molecule has 3 amide bonds. The molecule has 0 fully saturated rings. The smallest absolute Gasteiger partial charge is 0.408 e. The summed E-state index contributed by atoms with van der Waals surface area (Å²) in [5.74, 6) is -1.65. The molecule has 0 heterocycles. The number of hydrogen-bond donors (Lipinski definition) is 3. The first kappa shape index (κ1) is 39.6. The second-order valence-electron chi connectivity index (χ2n) is 14.9. The molecule has 270 valence electrons. The number of benzene rings is 3. The Kier molecular flexibility index (Phi) is 13.2. The predicted octanol–water partition coefficient (Wildman–Crippen LogP) is 6.49. The lowest BCUT2D eigenvalue weighted by molar-refractivity contribution is -0.159. The van der Waals surface area contributed by atoms with E-state index in [9.17, 15) is 24.3 Å². The molecule has 3 unspecified atom stereocenters. The number of phenols is 1. The van der Waals surface area contributed by atoms with E-state index in [1.165, 1.54) is 17.0 Å². The molecule has 10 nitrogen and oxygen atoms in total. The van der Waals surface area contributed by atoms with Gasteiger partial charge >= 0.3 is 12.1 Å². The van der Waals surface area contributed by atoms with Crippen LogP contribution in [0.5, 0.6) is 5.75 Å². The number of aryl methyl sites for hydroxylation is 1. The van der Waals surface area contributed by atoms with E-state index in [2.05, 4.69) is 10.6 Å². The van der Waals surface area contributed by atoms with Crippen molar-refractivity contribution in [2.75, 3.05) is 0 Å². The fourth-order valence-electron chi connectivity index (χ4n) is 5.53. The third-order valence-corrected chi connectivity index (χ3v) is 7.93. The van der Waals surface area contributed by atoms with E-state index < -0.39 is 59.2 Å². The fourth-order valence-corrected chi connectivity index (χ4v) is 5.53. The van der Waals surface area contributed by atoms with Gasteiger partial charge in [0, 0.05) is 18.9 Å². The number of carbonyl (C=O) groups is 4. The molecule has 0 saturated heterocycles. The summed E-state index contributed by atoms with van der Waals surface area (Å²) < 4.78 is 11.3. The van der Waals surface area contributed by atoms with E-state index >= 15 is 0 Å². The van der Waals surface area contributed by atoms with E-state index in [1.807, 2.05) is 56.3 Å². The van der Waals surface area contributed by atoms with Crippen molar-refractivity contribution in [1.29, 1.82) is 0 Å². The zero-order valence-corrected chi connectivity index (χ0v) is 31.0. The van der Waals surface area contributed by atoms with Crippen molar-refractivity contribution < 1.29 is 33.8 Å². The molecule has 0 radical (unpaired) electrons. The van der Waals surface area contributed by atoms with Gasteiger partial charge in [-0.2, -0.15) is 0 Å². The van der Waals surface area contributed by atoms with Gasteiger partial charge < -0.3 is 30.1 Å². The molecule has 0 aromatic heterocycles. The van der Waals surface area contributed by atoms with Crippen molar-refractivity contribution in [3.05, 3.63) is 101 Å². The van der Waals surface area contributed by atoms with Crippen LogP contribution in [0.1, 0.15) is 89.2 Å². The molecule has 3 aromatic carbocycles. The van der Waals surface area contributed by atoms with Gasteiger partial charge in [-0.25, -0.2) is 9.59 Å². The maximum absolute atomic E-state index is 14.8. The normalized spacial score (nSPS) is 13.5. The minimum Gasteiger partial charge on any atom is -0.508 e. The van der Waals surface area contributed by atoms with Gasteiger partial charge in [-0.3, -0.25) is 9.59 Å². The summed E-state index contributed by atoms with van der Waals surface area (Å²) in [6.45, 7) is 17.8. The third kappa shape index (κ3) is 11.6. The Hall–Kier alpha value is -4.86. The molecule has 0 bridgehead atoms. The van der Waals surface area contributed by atoms with Crippen LogP contribution in [0.2, 0.25) is 0 Å². The number of nitrogens with one attached hydrogen (secondary N) is 2. The summed E-state index contributed by atoms with van der Waals surface area (Å²) in [6.07, 6.45) is -0.573. The minimum atomic E-state index is -1.19. The Morgan fingerprint density at radius 1 is 0.720 bits per heavy atom. The number of hydrogen-bond acceptors (Lipinski definition) is 7. The Morgan fingerprint density at radius 2 is 1.28 bits per heavy atom. The topological polar surface area (TPSA) is 134 Å². The molecule has 3 atom stereocenters. The van der Waals surface area contributed by atoms with Crippen molar-refractivity contribution in [3.8, 4) is 5.75 Å². The van der Waals surface area contributed by atoms with Gasteiger partial charge in [-0.15, -0.1) is 0 Å². The largest absolute Gasteiger partial charge is 0.508 e. The molecule has 3 N–H and O–H groups in total. The Labute approximate surface area is 296 Å². The maximum atomic E-state index is 14.8. The highest BCUT2D eigenvalue weighted by atomic mass is 16.6. The monoisotopic (exact) mass is 687 g/mol. The number of phenolic OH excluding ortho intramolecular Hbond substituents is 1. The van der Waals surface area contributed by atoms with Gasteiger partial charge in [0.05, 0.1) is 0 Å². The summed E-state index contributed by atoms with van der Waals surface area (Å²) in [7, 11) is 0. The number of esters is 1. The molecule has 50 heavy (non-hydrogen) atoms. The summed E-state index contributed by atoms with van der Waals surface area (Å²) in [5, 5.41) is 15.5. The van der Waals surface area contributed by atoms with E-state index in [4.69, 9.17) is 9.47 Å². The van der Waals surface area contributed by atoms with Crippen molar-refractivity contribution in [2.24, 2.45) is 0 Å². The van der Waals surface area contributed by atoms with E-state index in [0.717, 1.165) is 16.7 Å². The number of ether oxygens (including phenoxy) is 2. The lowest BCUT2D eigenvalue weighted by Crippen LogP contribution is -2.57. The highest BCUT2D eigenvalue weighted by molar-refractivity contribution is 5.94. The predicted molar refractivity (Wildman–Crippen MR) is 194 cm³/mol. The molecular weight excluding hydrogens is 634 g/mol. The van der Waals surface area contributed by atoms with E-state index in [1.54, 1.807) is 73.6 Å². The molecule has 10 heteroatoms. The Bertz CT molecular complexity index is 1620. The number of amides is 3. The molecule has 0 aliphatic carbocycles. The van der Waals surface area contributed by atoms with Gasteiger partial charge in [-0.1, -0.05) is 60.7 Å². The van der Waals surface area contributed by atoms with Crippen molar-refractivity contribution >= 4 is 23.9 Å². The number of rotatable bonds is 12. The SMILES string of the molecule is Cc1cccc(C(C(=O)NC(Cc2ccccc2)C(=O)OC(C)(C)C)N(C(=O)C(Cc2ccc(O)cc2)NC(=O)OC(C)(C)C)C(C)C)c1C. The molecular formula is C40H53N3O7. The summed E-state index contributed by atoms with van der Waals surface area (Å²) in [5.41, 5.74) is 2.14. The summed E-state index contributed by atoms with van der Waals surface area (Å²) >= 11 is 0. The first-order valence-electron chi connectivity index (χ1n) is 17.0. The number of nitrogens with zero attached hydrogens (tertiary/aromatic N) is 1. The second kappa shape index (κ2) is 16.7. The first-order chi connectivity index (χ1) is 23.3. The van der Waals surface area contributed by atoms with Crippen LogP contribution in [0.4, 0.5) is 4.79 Å². The zero-order chi connectivity index (χ0) is 37.4. The van der Waals surface area contributed by atoms with Gasteiger partial charge in [0.1, 0.15) is 35.1 Å². The number of aromatic hydroxyl groups is 1. The lowest BCUT2D eigenvalue weighted by Gasteiger charge is -2.38. The first-order valence-corrected chi connectivity index (χ1v) is 17.0. The Morgan fingerprint density at radius 3 is 1.84 bits per heavy atom. The number of carbonyl (C=O) groups excluding carboxylic acids is 4. The highest BCUT2D eigenvalue weighted by Crippen LogP contribution is 2.30. The fraction of sp³-hybridized carbons (Fsp3) is 0.450. The van der Waals surface area contributed by atoms with Crippen molar-refractivity contribution in [2.45, 2.75) is 117 Å². The highest BCUT2D eigenvalue weighted by Gasteiger charge is 2.40. The van der Waals surface area contributed by atoms with Crippen LogP contribution in [0.3, 0.4) is 0 Å². The second-order valence-corrected chi connectivity index (χ2v) is 14.9. The quantitative estimate of drug-likeness (QED) is 0.185. The number of alkyl carbamates (subject to hydrolysis) is 1. The van der Waals surface area contributed by atoms with Crippen LogP contribution in [0, 0.1) is 13.8 Å². The standard InChI is InChI=1S/C40H53N3O7/c1-25(2)43(36(46)32(42-38(48)50-40(8,9)10)23-29-19-21-30(44)22-20-29)34(31-18-14-15-26(3)27(31)4)35(45)41-33(37(47)49-39(5,6)7)24-28-16-12-11-13-17-28/h11-22,25,32-34,44H,23-24H2,1-10H3,(H,41,45)(H,42,48). The van der Waals surface area contributed by atoms with Gasteiger partial charge in [0.2, 0.25) is 11.8 Å². The summed E-state index contributed by atoms with van der Waals surface area (Å²) in [4.78, 5) is 57.7. The average molecular weight is 688 g/mol. The molecule has 0 aliphatic rings. The average Bonchev–Trinajstić information content (AvgIpc) is 3.00. The van der Waals surface area contributed by atoms with Crippen LogP contribution in [0.25, 0.3) is 0 Å². The minimum absolute atomic E-state index is 0.0528. The molecule has 3 rings (SSSR count). The third-order valence-electron chi connectivity index (χ3n) is 7.93.